The predicted molar refractivity (Wildman–Crippen MR) is 80.3 cm³/mol. The fraction of sp³-hybridized carbons (Fsp3) is 0.167. The van der Waals surface area contributed by atoms with E-state index in [0.29, 0.717) is 18.4 Å². The molecule has 2 aromatic rings. The Balaban J connectivity index is 1.86. The van der Waals surface area contributed by atoms with E-state index in [1.165, 1.54) is 6.07 Å². The van der Waals surface area contributed by atoms with E-state index in [0.717, 1.165) is 28.8 Å². The molecule has 0 bridgehead atoms. The molecule has 2 aromatic carbocycles. The Kier molecular flexibility index (Phi) is 3.75. The van der Waals surface area contributed by atoms with Crippen molar-refractivity contribution in [3.8, 4) is 11.1 Å². The fourth-order valence-corrected chi connectivity index (χ4v) is 2.73. The van der Waals surface area contributed by atoms with Gasteiger partial charge in [-0.25, -0.2) is 8.78 Å². The van der Waals surface area contributed by atoms with Crippen LogP contribution in [0.15, 0.2) is 42.0 Å². The summed E-state index contributed by atoms with van der Waals surface area (Å²) in [6, 6.07) is 8.87. The molecule has 2 nitrogen and oxygen atoms in total. The molecule has 112 valence electrons. The summed E-state index contributed by atoms with van der Waals surface area (Å²) in [6.07, 6.45) is 3.25. The zero-order valence-electron chi connectivity index (χ0n) is 11.8. The lowest BCUT2D eigenvalue weighted by Crippen LogP contribution is -1.95. The van der Waals surface area contributed by atoms with Gasteiger partial charge in [-0.3, -0.25) is 4.79 Å². The molecule has 1 aliphatic rings. The van der Waals surface area contributed by atoms with Crippen molar-refractivity contribution in [2.75, 3.05) is 0 Å². The first kappa shape index (κ1) is 14.4. The van der Waals surface area contributed by atoms with Crippen LogP contribution in [-0.4, -0.2) is 11.1 Å². The molecule has 0 saturated heterocycles. The Bertz CT molecular complexity index is 779. The highest BCUT2D eigenvalue weighted by Gasteiger charge is 2.15. The van der Waals surface area contributed by atoms with Crippen LogP contribution in [0.1, 0.15) is 24.0 Å². The molecule has 0 atom stereocenters. The first-order valence-electron chi connectivity index (χ1n) is 7.02. The normalized spacial score (nSPS) is 12.9. The van der Waals surface area contributed by atoms with E-state index in [2.05, 4.69) is 0 Å². The van der Waals surface area contributed by atoms with Crippen LogP contribution in [0.25, 0.3) is 17.2 Å². The van der Waals surface area contributed by atoms with E-state index in [-0.39, 0.29) is 12.0 Å². The number of hydrogen-bond acceptors (Lipinski definition) is 1. The number of hydrogen-bond donors (Lipinski definition) is 1. The quantitative estimate of drug-likeness (QED) is 0.906. The third-order valence-electron chi connectivity index (χ3n) is 3.82. The maximum absolute atomic E-state index is 13.8. The summed E-state index contributed by atoms with van der Waals surface area (Å²) in [5, 5.41) is 8.74. The number of allylic oxidation sites excluding steroid dienone is 1. The van der Waals surface area contributed by atoms with E-state index < -0.39 is 17.6 Å². The summed E-state index contributed by atoms with van der Waals surface area (Å²) in [5.74, 6) is -1.75. The summed E-state index contributed by atoms with van der Waals surface area (Å²) < 4.78 is 27.2. The van der Waals surface area contributed by atoms with Gasteiger partial charge in [-0.15, -0.1) is 0 Å². The third kappa shape index (κ3) is 2.91. The number of fused-ring (bicyclic) bond motifs is 1. The molecule has 0 amide bonds. The Hall–Kier alpha value is -2.49. The van der Waals surface area contributed by atoms with Crippen LogP contribution in [0, 0.1) is 11.6 Å². The van der Waals surface area contributed by atoms with Gasteiger partial charge in [0, 0.05) is 12.0 Å². The highest BCUT2D eigenvalue weighted by molar-refractivity contribution is 5.73. The first-order chi connectivity index (χ1) is 10.5. The van der Waals surface area contributed by atoms with Crippen LogP contribution in [-0.2, 0) is 11.2 Å². The summed E-state index contributed by atoms with van der Waals surface area (Å²) in [6.45, 7) is 0. The van der Waals surface area contributed by atoms with Gasteiger partial charge in [0.2, 0.25) is 0 Å². The topological polar surface area (TPSA) is 37.3 Å². The molecule has 22 heavy (non-hydrogen) atoms. The second-order valence-electron chi connectivity index (χ2n) is 5.41. The summed E-state index contributed by atoms with van der Waals surface area (Å²) in [4.78, 5) is 10.6. The van der Waals surface area contributed by atoms with Crippen molar-refractivity contribution in [1.82, 2.24) is 0 Å². The first-order valence-corrected chi connectivity index (χ1v) is 7.02. The molecule has 3 rings (SSSR count). The lowest BCUT2D eigenvalue weighted by atomic mass is 9.99. The van der Waals surface area contributed by atoms with Crippen LogP contribution in [0.5, 0.6) is 0 Å². The lowest BCUT2D eigenvalue weighted by Gasteiger charge is -2.07. The Morgan fingerprint density at radius 2 is 1.95 bits per heavy atom. The van der Waals surface area contributed by atoms with Crippen molar-refractivity contribution in [2.45, 2.75) is 19.3 Å². The molecule has 0 spiro atoms. The van der Waals surface area contributed by atoms with Crippen LogP contribution in [0.2, 0.25) is 0 Å². The zero-order chi connectivity index (χ0) is 15.7. The van der Waals surface area contributed by atoms with Gasteiger partial charge < -0.3 is 5.11 Å². The highest BCUT2D eigenvalue weighted by atomic mass is 19.1. The minimum absolute atomic E-state index is 0.102. The number of carboxylic acids is 1. The van der Waals surface area contributed by atoms with Crippen LogP contribution >= 0.6 is 0 Å². The van der Waals surface area contributed by atoms with E-state index in [1.807, 2.05) is 18.2 Å². The average Bonchev–Trinajstić information content (AvgIpc) is 2.89. The number of benzene rings is 2. The van der Waals surface area contributed by atoms with Crippen molar-refractivity contribution < 1.29 is 18.7 Å². The Morgan fingerprint density at radius 1 is 1.14 bits per heavy atom. The molecular formula is C18H14F2O2. The number of aliphatic carboxylic acids is 1. The Labute approximate surface area is 126 Å². The van der Waals surface area contributed by atoms with Crippen LogP contribution < -0.4 is 0 Å². The molecular weight excluding hydrogens is 286 g/mol. The van der Waals surface area contributed by atoms with E-state index >= 15 is 0 Å². The zero-order valence-corrected chi connectivity index (χ0v) is 11.8. The minimum atomic E-state index is -0.820. The summed E-state index contributed by atoms with van der Waals surface area (Å²) >= 11 is 0. The van der Waals surface area contributed by atoms with E-state index in [1.54, 1.807) is 6.07 Å². The van der Waals surface area contributed by atoms with Gasteiger partial charge in [0.1, 0.15) is 11.6 Å². The molecule has 0 saturated carbocycles. The summed E-state index contributed by atoms with van der Waals surface area (Å²) in [5.41, 5.74) is 3.95. The summed E-state index contributed by atoms with van der Waals surface area (Å²) in [7, 11) is 0. The molecule has 0 heterocycles. The van der Waals surface area contributed by atoms with Crippen molar-refractivity contribution in [1.29, 1.82) is 0 Å². The van der Waals surface area contributed by atoms with Crippen molar-refractivity contribution >= 4 is 12.0 Å². The molecule has 1 N–H and O–H groups in total. The van der Waals surface area contributed by atoms with Gasteiger partial charge in [-0.2, -0.15) is 0 Å². The number of rotatable bonds is 4. The largest absolute Gasteiger partial charge is 0.481 e. The van der Waals surface area contributed by atoms with Crippen molar-refractivity contribution in [3.05, 3.63) is 64.7 Å². The molecule has 0 fully saturated rings. The molecule has 0 aliphatic heterocycles. The Morgan fingerprint density at radius 3 is 2.73 bits per heavy atom. The van der Waals surface area contributed by atoms with E-state index in [9.17, 15) is 13.6 Å². The van der Waals surface area contributed by atoms with Crippen LogP contribution in [0.3, 0.4) is 0 Å². The molecule has 1 aliphatic carbocycles. The SMILES string of the molecule is O=C(O)CCC1=Cc2ccc(-c3cc(F)ccc3F)cc2C1. The lowest BCUT2D eigenvalue weighted by molar-refractivity contribution is -0.136. The van der Waals surface area contributed by atoms with Gasteiger partial charge in [0.15, 0.2) is 0 Å². The van der Waals surface area contributed by atoms with Gasteiger partial charge in [0.25, 0.3) is 0 Å². The third-order valence-corrected chi connectivity index (χ3v) is 3.82. The van der Waals surface area contributed by atoms with Gasteiger partial charge in [0.05, 0.1) is 0 Å². The van der Waals surface area contributed by atoms with Gasteiger partial charge >= 0.3 is 5.97 Å². The number of halogens is 2. The van der Waals surface area contributed by atoms with Gasteiger partial charge in [-0.1, -0.05) is 29.8 Å². The monoisotopic (exact) mass is 300 g/mol. The number of carboxylic acid groups (broad SMARTS) is 1. The van der Waals surface area contributed by atoms with Crippen molar-refractivity contribution in [2.24, 2.45) is 0 Å². The van der Waals surface area contributed by atoms with Crippen molar-refractivity contribution in [3.63, 3.8) is 0 Å². The maximum atomic E-state index is 13.8. The minimum Gasteiger partial charge on any atom is -0.481 e. The molecule has 0 unspecified atom stereocenters. The van der Waals surface area contributed by atoms with Crippen LogP contribution in [0.4, 0.5) is 8.78 Å². The highest BCUT2D eigenvalue weighted by Crippen LogP contribution is 2.32. The maximum Gasteiger partial charge on any atom is 0.303 e. The smallest absolute Gasteiger partial charge is 0.303 e. The average molecular weight is 300 g/mol. The van der Waals surface area contributed by atoms with E-state index in [4.69, 9.17) is 5.11 Å². The predicted octanol–water partition coefficient (Wildman–Crippen LogP) is 4.44. The molecule has 4 heteroatoms. The molecule has 0 radical (unpaired) electrons. The number of carbonyl (C=O) groups is 1. The second-order valence-corrected chi connectivity index (χ2v) is 5.41. The van der Waals surface area contributed by atoms with Gasteiger partial charge in [-0.05, 0) is 47.7 Å². The fourth-order valence-electron chi connectivity index (χ4n) is 2.73. The second kappa shape index (κ2) is 5.72. The standard InChI is InChI=1S/C18H14F2O2/c19-15-4-5-17(20)16(10-15)13-3-2-12-7-11(1-6-18(21)22)8-14(12)9-13/h2-5,7,9-10H,1,6,8H2,(H,21,22). The molecule has 0 aromatic heterocycles.